The molecule has 82 valence electrons. The quantitative estimate of drug-likeness (QED) is 0.674. The molecule has 2 aliphatic rings. The Labute approximate surface area is 84.6 Å². The summed E-state index contributed by atoms with van der Waals surface area (Å²) in [6, 6.07) is 0.470. The van der Waals surface area contributed by atoms with Gasteiger partial charge >= 0.3 is 0 Å². The second-order valence-corrected chi connectivity index (χ2v) is 6.57. The maximum absolute atomic E-state index is 10.9. The van der Waals surface area contributed by atoms with Crippen LogP contribution >= 0.6 is 0 Å². The van der Waals surface area contributed by atoms with Crippen molar-refractivity contribution in [3.05, 3.63) is 0 Å². The van der Waals surface area contributed by atoms with Gasteiger partial charge in [0.1, 0.15) is 0 Å². The minimum absolute atomic E-state index is 0.136. The summed E-state index contributed by atoms with van der Waals surface area (Å²) in [5.41, 5.74) is 0. The molecule has 2 fully saturated rings. The van der Waals surface area contributed by atoms with Crippen molar-refractivity contribution < 1.29 is 13.5 Å². The maximum atomic E-state index is 10.9. The molecule has 2 atom stereocenters. The van der Waals surface area contributed by atoms with Crippen molar-refractivity contribution in [2.45, 2.75) is 31.3 Å². The van der Waals surface area contributed by atoms with Crippen molar-refractivity contribution >= 4 is 9.84 Å². The van der Waals surface area contributed by atoms with Crippen LogP contribution in [0, 0.1) is 5.92 Å². The monoisotopic (exact) mass is 219 g/mol. The first-order valence-corrected chi connectivity index (χ1v) is 7.00. The molecule has 0 radical (unpaired) electrons. The standard InChI is InChI=1S/C9H17NO3S/c11-4-7-2-1-3-9(7)10-8-5-14(12,13)6-8/h7-11H,1-6H2. The number of hydrogen-bond acceptors (Lipinski definition) is 4. The minimum Gasteiger partial charge on any atom is -0.396 e. The molecule has 0 bridgehead atoms. The van der Waals surface area contributed by atoms with Gasteiger partial charge in [-0.2, -0.15) is 0 Å². The second kappa shape index (κ2) is 3.79. The number of aliphatic hydroxyl groups excluding tert-OH is 1. The highest BCUT2D eigenvalue weighted by molar-refractivity contribution is 7.92. The predicted molar refractivity (Wildman–Crippen MR) is 53.8 cm³/mol. The summed E-state index contributed by atoms with van der Waals surface area (Å²) in [6.07, 6.45) is 3.28. The summed E-state index contributed by atoms with van der Waals surface area (Å²) in [5, 5.41) is 12.4. The zero-order valence-electron chi connectivity index (χ0n) is 8.15. The fourth-order valence-corrected chi connectivity index (χ4v) is 3.76. The van der Waals surface area contributed by atoms with Crippen LogP contribution in [0.1, 0.15) is 19.3 Å². The van der Waals surface area contributed by atoms with Crippen LogP contribution in [0.3, 0.4) is 0 Å². The van der Waals surface area contributed by atoms with Gasteiger partial charge < -0.3 is 10.4 Å². The summed E-state index contributed by atoms with van der Waals surface area (Å²) < 4.78 is 21.9. The molecule has 0 aromatic carbocycles. The summed E-state index contributed by atoms with van der Waals surface area (Å²) in [6.45, 7) is 0.219. The molecule has 0 aromatic rings. The summed E-state index contributed by atoms with van der Waals surface area (Å²) in [7, 11) is -2.72. The van der Waals surface area contributed by atoms with Crippen molar-refractivity contribution in [2.75, 3.05) is 18.1 Å². The molecule has 0 aromatic heterocycles. The zero-order valence-corrected chi connectivity index (χ0v) is 8.96. The molecule has 1 saturated heterocycles. The van der Waals surface area contributed by atoms with E-state index in [0.717, 1.165) is 19.3 Å². The van der Waals surface area contributed by atoms with Gasteiger partial charge in [-0.25, -0.2) is 8.42 Å². The molecule has 14 heavy (non-hydrogen) atoms. The molecule has 0 amide bonds. The average molecular weight is 219 g/mol. The first-order chi connectivity index (χ1) is 6.61. The van der Waals surface area contributed by atoms with Crippen LogP contribution in [0.15, 0.2) is 0 Å². The van der Waals surface area contributed by atoms with Gasteiger partial charge in [-0.15, -0.1) is 0 Å². The third kappa shape index (κ3) is 2.10. The van der Waals surface area contributed by atoms with Crippen molar-refractivity contribution in [1.29, 1.82) is 0 Å². The third-order valence-corrected chi connectivity index (χ3v) is 5.07. The zero-order chi connectivity index (χ0) is 10.2. The molecule has 1 aliphatic carbocycles. The number of sulfone groups is 1. The fraction of sp³-hybridized carbons (Fsp3) is 1.00. The lowest BCUT2D eigenvalue weighted by Crippen LogP contribution is -2.55. The van der Waals surface area contributed by atoms with Crippen molar-refractivity contribution in [3.63, 3.8) is 0 Å². The molecular formula is C9H17NO3S. The van der Waals surface area contributed by atoms with Gasteiger partial charge in [0.05, 0.1) is 11.5 Å². The number of rotatable bonds is 3. The summed E-state index contributed by atoms with van der Waals surface area (Å²) in [5.74, 6) is 0.891. The molecule has 2 rings (SSSR count). The first-order valence-electron chi connectivity index (χ1n) is 5.18. The number of aliphatic hydroxyl groups is 1. The molecule has 2 unspecified atom stereocenters. The number of hydrogen-bond donors (Lipinski definition) is 2. The Morgan fingerprint density at radius 3 is 2.57 bits per heavy atom. The molecular weight excluding hydrogens is 202 g/mol. The van der Waals surface area contributed by atoms with Crippen LogP contribution in [0.4, 0.5) is 0 Å². The highest BCUT2D eigenvalue weighted by atomic mass is 32.2. The Kier molecular flexibility index (Phi) is 2.81. The number of nitrogens with one attached hydrogen (secondary N) is 1. The van der Waals surface area contributed by atoms with Gasteiger partial charge in [-0.05, 0) is 18.8 Å². The van der Waals surface area contributed by atoms with Crippen LogP contribution in [-0.4, -0.2) is 43.7 Å². The lowest BCUT2D eigenvalue weighted by atomic mass is 10.0. The van der Waals surface area contributed by atoms with Crippen molar-refractivity contribution in [1.82, 2.24) is 5.32 Å². The SMILES string of the molecule is O=S1(=O)CC(NC2CCCC2CO)C1. The largest absolute Gasteiger partial charge is 0.396 e. The van der Waals surface area contributed by atoms with Crippen LogP contribution < -0.4 is 5.32 Å². The minimum atomic E-state index is -2.72. The van der Waals surface area contributed by atoms with E-state index in [9.17, 15) is 8.42 Å². The summed E-state index contributed by atoms with van der Waals surface area (Å²) >= 11 is 0. The molecule has 2 N–H and O–H groups in total. The van der Waals surface area contributed by atoms with E-state index in [1.54, 1.807) is 0 Å². The Hall–Kier alpha value is -0.130. The van der Waals surface area contributed by atoms with E-state index in [2.05, 4.69) is 5.32 Å². The highest BCUT2D eigenvalue weighted by Gasteiger charge is 2.37. The van der Waals surface area contributed by atoms with E-state index in [0.29, 0.717) is 12.0 Å². The first kappa shape index (κ1) is 10.4. The Bertz CT molecular complexity index is 289. The Balaban J connectivity index is 1.81. The lowest BCUT2D eigenvalue weighted by molar-refractivity contribution is 0.201. The average Bonchev–Trinajstić information content (AvgIpc) is 2.48. The maximum Gasteiger partial charge on any atom is 0.153 e. The van der Waals surface area contributed by atoms with Gasteiger partial charge in [0, 0.05) is 18.7 Å². The van der Waals surface area contributed by atoms with Crippen LogP contribution in [-0.2, 0) is 9.84 Å². The molecule has 5 heteroatoms. The van der Waals surface area contributed by atoms with Gasteiger partial charge in [0.2, 0.25) is 0 Å². The second-order valence-electron chi connectivity index (χ2n) is 4.42. The third-order valence-electron chi connectivity index (χ3n) is 3.25. The Morgan fingerprint density at radius 2 is 2.00 bits per heavy atom. The van der Waals surface area contributed by atoms with Gasteiger partial charge in [-0.3, -0.25) is 0 Å². The van der Waals surface area contributed by atoms with E-state index in [1.807, 2.05) is 0 Å². The molecule has 1 saturated carbocycles. The highest BCUT2D eigenvalue weighted by Crippen LogP contribution is 2.26. The van der Waals surface area contributed by atoms with E-state index < -0.39 is 9.84 Å². The normalized spacial score (nSPS) is 36.9. The Morgan fingerprint density at radius 1 is 1.29 bits per heavy atom. The van der Waals surface area contributed by atoms with E-state index >= 15 is 0 Å². The van der Waals surface area contributed by atoms with E-state index in [-0.39, 0.29) is 24.2 Å². The molecule has 1 heterocycles. The van der Waals surface area contributed by atoms with Gasteiger partial charge in [0.25, 0.3) is 0 Å². The van der Waals surface area contributed by atoms with Gasteiger partial charge in [0.15, 0.2) is 9.84 Å². The summed E-state index contributed by atoms with van der Waals surface area (Å²) in [4.78, 5) is 0. The van der Waals surface area contributed by atoms with Crippen molar-refractivity contribution in [3.8, 4) is 0 Å². The molecule has 1 aliphatic heterocycles. The van der Waals surface area contributed by atoms with E-state index in [1.165, 1.54) is 0 Å². The lowest BCUT2D eigenvalue weighted by Gasteiger charge is -2.31. The smallest absolute Gasteiger partial charge is 0.153 e. The topological polar surface area (TPSA) is 66.4 Å². The molecule has 0 spiro atoms. The van der Waals surface area contributed by atoms with E-state index in [4.69, 9.17) is 5.11 Å². The van der Waals surface area contributed by atoms with Crippen LogP contribution in [0.5, 0.6) is 0 Å². The molecule has 4 nitrogen and oxygen atoms in total. The van der Waals surface area contributed by atoms with Gasteiger partial charge in [-0.1, -0.05) is 6.42 Å². The fourth-order valence-electron chi connectivity index (χ4n) is 2.44. The predicted octanol–water partition coefficient (Wildman–Crippen LogP) is -0.466. The van der Waals surface area contributed by atoms with Crippen LogP contribution in [0.25, 0.3) is 0 Å². The van der Waals surface area contributed by atoms with Crippen LogP contribution in [0.2, 0.25) is 0 Å². The van der Waals surface area contributed by atoms with Crippen molar-refractivity contribution in [2.24, 2.45) is 5.92 Å².